The van der Waals surface area contributed by atoms with Gasteiger partial charge < -0.3 is 24.6 Å². The highest BCUT2D eigenvalue weighted by Crippen LogP contribution is 2.24. The number of ether oxygens (including phenoxy) is 2. The van der Waals surface area contributed by atoms with E-state index in [1.165, 1.54) is 0 Å². The van der Waals surface area contributed by atoms with Crippen LogP contribution in [0.15, 0.2) is 23.2 Å². The highest BCUT2D eigenvalue weighted by molar-refractivity contribution is 5.92. The van der Waals surface area contributed by atoms with Crippen LogP contribution in [-0.4, -0.2) is 74.0 Å². The quantitative estimate of drug-likeness (QED) is 0.274. The third-order valence-corrected chi connectivity index (χ3v) is 5.95. The van der Waals surface area contributed by atoms with Gasteiger partial charge in [-0.1, -0.05) is 0 Å². The number of carbonyl (C=O) groups excluding carboxylic acids is 2. The van der Waals surface area contributed by atoms with Crippen molar-refractivity contribution in [1.82, 2.24) is 20.4 Å². The average Bonchev–Trinajstić information content (AvgIpc) is 3.32. The molecule has 2 fully saturated rings. The van der Waals surface area contributed by atoms with Gasteiger partial charge >= 0.3 is 0 Å². The van der Waals surface area contributed by atoms with Gasteiger partial charge in [0.15, 0.2) is 6.19 Å². The second-order valence-corrected chi connectivity index (χ2v) is 8.12. The number of guanidine groups is 1. The first-order valence-corrected chi connectivity index (χ1v) is 11.3. The lowest BCUT2D eigenvalue weighted by molar-refractivity contribution is -0.140. The Balaban J connectivity index is 1.70. The number of nitrogens with one attached hydrogen (secondary N) is 2. The van der Waals surface area contributed by atoms with Crippen molar-refractivity contribution >= 4 is 17.8 Å². The van der Waals surface area contributed by atoms with Crippen LogP contribution in [0.25, 0.3) is 0 Å². The Morgan fingerprint density at radius 3 is 2.64 bits per heavy atom. The maximum Gasteiger partial charge on any atom is 0.245 e. The normalized spacial score (nSPS) is 19.0. The van der Waals surface area contributed by atoms with Crippen LogP contribution < -0.4 is 20.1 Å². The molecule has 0 bridgehead atoms. The number of amides is 2. The van der Waals surface area contributed by atoms with E-state index in [4.69, 9.17) is 9.47 Å². The zero-order valence-corrected chi connectivity index (χ0v) is 19.3. The van der Waals surface area contributed by atoms with E-state index in [-0.39, 0.29) is 30.9 Å². The summed E-state index contributed by atoms with van der Waals surface area (Å²) in [6.07, 6.45) is 6.17. The molecular formula is C23H32N6O4. The van der Waals surface area contributed by atoms with E-state index in [1.807, 2.05) is 17.2 Å². The number of rotatable bonds is 7. The van der Waals surface area contributed by atoms with Crippen molar-refractivity contribution in [3.8, 4) is 17.7 Å². The molecule has 0 spiro atoms. The number of hydrogen-bond donors (Lipinski definition) is 2. The Bertz CT molecular complexity index is 907. The average molecular weight is 457 g/mol. The first kappa shape index (κ1) is 24.2. The minimum absolute atomic E-state index is 0.00402. The van der Waals surface area contributed by atoms with Crippen molar-refractivity contribution in [3.63, 3.8) is 0 Å². The molecule has 0 aromatic heterocycles. The molecule has 178 valence electrons. The van der Waals surface area contributed by atoms with Gasteiger partial charge in [-0.05, 0) is 50.3 Å². The predicted octanol–water partition coefficient (Wildman–Crippen LogP) is 1.22. The highest BCUT2D eigenvalue weighted by atomic mass is 16.5. The molecule has 1 atom stereocenters. The Labute approximate surface area is 194 Å². The van der Waals surface area contributed by atoms with Gasteiger partial charge in [0.1, 0.15) is 17.5 Å². The van der Waals surface area contributed by atoms with E-state index in [0.29, 0.717) is 24.5 Å². The number of hydrogen-bond acceptors (Lipinski definition) is 6. The molecule has 1 aromatic rings. The molecular weight excluding hydrogens is 424 g/mol. The zero-order chi connectivity index (χ0) is 23.6. The van der Waals surface area contributed by atoms with Gasteiger partial charge in [0.05, 0.1) is 27.3 Å². The van der Waals surface area contributed by atoms with Crippen LogP contribution in [0.1, 0.15) is 37.7 Å². The standard InChI is InChI=1S/C23H32N6O4/c1-32-18-8-9-20(33-2)17(13-18)14-25-23(26-16-24)27-19-7-3-4-12-29(22(19)31)15-21(30)28-10-5-6-11-28/h8-9,13,19H,3-7,10-12,14-15H2,1-2H3,(H2,25,26,27). The summed E-state index contributed by atoms with van der Waals surface area (Å²) in [7, 11) is 3.15. The summed E-state index contributed by atoms with van der Waals surface area (Å²) in [6.45, 7) is 2.39. The van der Waals surface area contributed by atoms with E-state index >= 15 is 0 Å². The van der Waals surface area contributed by atoms with Crippen LogP contribution in [0.4, 0.5) is 0 Å². The summed E-state index contributed by atoms with van der Waals surface area (Å²) in [6, 6.07) is 4.83. The lowest BCUT2D eigenvalue weighted by Crippen LogP contribution is -2.52. The molecule has 1 aromatic carbocycles. The smallest absolute Gasteiger partial charge is 0.245 e. The third kappa shape index (κ3) is 6.51. The molecule has 3 rings (SSSR count). The van der Waals surface area contributed by atoms with Crippen molar-refractivity contribution in [2.75, 3.05) is 40.4 Å². The van der Waals surface area contributed by atoms with Crippen molar-refractivity contribution < 1.29 is 19.1 Å². The lowest BCUT2D eigenvalue weighted by Gasteiger charge is -2.27. The first-order chi connectivity index (χ1) is 16.0. The SMILES string of the molecule is COc1ccc(OC)c(CN=C(NC#N)NC2CCCCN(CC(=O)N3CCCC3)C2=O)c1. The first-order valence-electron chi connectivity index (χ1n) is 11.3. The second kappa shape index (κ2) is 11.9. The minimum Gasteiger partial charge on any atom is -0.497 e. The van der Waals surface area contributed by atoms with Crippen LogP contribution in [0.2, 0.25) is 0 Å². The Hall–Kier alpha value is -3.48. The molecule has 0 radical (unpaired) electrons. The van der Waals surface area contributed by atoms with Crippen molar-refractivity contribution in [3.05, 3.63) is 23.8 Å². The van der Waals surface area contributed by atoms with Crippen LogP contribution in [-0.2, 0) is 16.1 Å². The molecule has 33 heavy (non-hydrogen) atoms. The van der Waals surface area contributed by atoms with Gasteiger partial charge in [0.25, 0.3) is 0 Å². The van der Waals surface area contributed by atoms with Crippen molar-refractivity contribution in [1.29, 1.82) is 5.26 Å². The van der Waals surface area contributed by atoms with Crippen LogP contribution in [0, 0.1) is 11.5 Å². The monoisotopic (exact) mass is 456 g/mol. The Kier molecular flexibility index (Phi) is 8.75. The fraction of sp³-hybridized carbons (Fsp3) is 0.565. The lowest BCUT2D eigenvalue weighted by atomic mass is 10.1. The van der Waals surface area contributed by atoms with Gasteiger partial charge in [-0.2, -0.15) is 5.26 Å². The van der Waals surface area contributed by atoms with Crippen molar-refractivity contribution in [2.24, 2.45) is 4.99 Å². The van der Waals surface area contributed by atoms with Crippen molar-refractivity contribution in [2.45, 2.75) is 44.7 Å². The summed E-state index contributed by atoms with van der Waals surface area (Å²) in [5.41, 5.74) is 0.779. The van der Waals surface area contributed by atoms with Gasteiger partial charge in [0, 0.05) is 25.2 Å². The Morgan fingerprint density at radius 2 is 1.94 bits per heavy atom. The van der Waals surface area contributed by atoms with E-state index in [1.54, 1.807) is 31.3 Å². The summed E-state index contributed by atoms with van der Waals surface area (Å²) in [5.74, 6) is 1.37. The molecule has 2 aliphatic rings. The summed E-state index contributed by atoms with van der Waals surface area (Å²) in [4.78, 5) is 33.7. The molecule has 2 amide bonds. The summed E-state index contributed by atoms with van der Waals surface area (Å²) < 4.78 is 10.7. The number of carbonyl (C=O) groups is 2. The van der Waals surface area contributed by atoms with E-state index in [9.17, 15) is 14.9 Å². The fourth-order valence-electron chi connectivity index (χ4n) is 4.13. The number of aliphatic imine (C=N–C) groups is 1. The molecule has 1 unspecified atom stereocenters. The summed E-state index contributed by atoms with van der Waals surface area (Å²) >= 11 is 0. The van der Waals surface area contributed by atoms with Crippen LogP contribution in [0.3, 0.4) is 0 Å². The molecule has 10 heteroatoms. The minimum atomic E-state index is -0.564. The third-order valence-electron chi connectivity index (χ3n) is 5.95. The van der Waals surface area contributed by atoms with Crippen LogP contribution >= 0.6 is 0 Å². The number of nitriles is 1. The number of benzene rings is 1. The molecule has 2 aliphatic heterocycles. The Morgan fingerprint density at radius 1 is 1.18 bits per heavy atom. The molecule has 0 saturated carbocycles. The fourth-order valence-corrected chi connectivity index (χ4v) is 4.13. The second-order valence-electron chi connectivity index (χ2n) is 8.12. The number of nitrogens with zero attached hydrogens (tertiary/aromatic N) is 4. The largest absolute Gasteiger partial charge is 0.497 e. The molecule has 0 aliphatic carbocycles. The van der Waals surface area contributed by atoms with E-state index in [2.05, 4.69) is 15.6 Å². The van der Waals surface area contributed by atoms with Gasteiger partial charge in [0.2, 0.25) is 17.8 Å². The van der Waals surface area contributed by atoms with Crippen LogP contribution in [0.5, 0.6) is 11.5 Å². The molecule has 10 nitrogen and oxygen atoms in total. The zero-order valence-electron chi connectivity index (χ0n) is 19.3. The molecule has 2 N–H and O–H groups in total. The topological polar surface area (TPSA) is 119 Å². The van der Waals surface area contributed by atoms with Gasteiger partial charge in [-0.15, -0.1) is 0 Å². The maximum absolute atomic E-state index is 13.2. The maximum atomic E-state index is 13.2. The summed E-state index contributed by atoms with van der Waals surface area (Å²) in [5, 5.41) is 14.8. The predicted molar refractivity (Wildman–Crippen MR) is 123 cm³/mol. The molecule has 2 saturated heterocycles. The van der Waals surface area contributed by atoms with Gasteiger partial charge in [-0.25, -0.2) is 4.99 Å². The van der Waals surface area contributed by atoms with E-state index in [0.717, 1.165) is 44.3 Å². The molecule has 2 heterocycles. The highest BCUT2D eigenvalue weighted by Gasteiger charge is 2.30. The van der Waals surface area contributed by atoms with Gasteiger partial charge in [-0.3, -0.25) is 14.9 Å². The number of likely N-dealkylation sites (tertiary alicyclic amines) is 2. The number of methoxy groups -OCH3 is 2. The van der Waals surface area contributed by atoms with E-state index < -0.39 is 6.04 Å².